The normalized spacial score (nSPS) is 9.94. The molecular weight excluding hydrogens is 232 g/mol. The van der Waals surface area contributed by atoms with E-state index in [2.05, 4.69) is 15.3 Å². The number of anilines is 2. The summed E-state index contributed by atoms with van der Waals surface area (Å²) in [5.74, 6) is 0.700. The van der Waals surface area contributed by atoms with Crippen LogP contribution in [0.5, 0.6) is 0 Å². The van der Waals surface area contributed by atoms with Crippen molar-refractivity contribution in [2.24, 2.45) is 5.73 Å². The van der Waals surface area contributed by atoms with E-state index < -0.39 is 0 Å². The summed E-state index contributed by atoms with van der Waals surface area (Å²) in [6.45, 7) is 2.00. The maximum atomic E-state index is 5.57. The number of pyridine rings is 2. The number of hydrogen-bond acceptors (Lipinski definition) is 4. The quantitative estimate of drug-likeness (QED) is 0.810. The first-order valence-electron chi connectivity index (χ1n) is 5.10. The Hall–Kier alpha value is -2.01. The van der Waals surface area contributed by atoms with Crippen molar-refractivity contribution < 1.29 is 0 Å². The summed E-state index contributed by atoms with van der Waals surface area (Å²) in [5, 5.41) is 3.18. The number of aromatic nitrogens is 2. The van der Waals surface area contributed by atoms with Gasteiger partial charge in [-0.1, -0.05) is 12.2 Å². The van der Waals surface area contributed by atoms with Gasteiger partial charge < -0.3 is 11.1 Å². The predicted octanol–water partition coefficient (Wildman–Crippen LogP) is 2.16. The monoisotopic (exact) mass is 244 g/mol. The second-order valence-electron chi connectivity index (χ2n) is 3.61. The molecule has 2 heterocycles. The van der Waals surface area contributed by atoms with Gasteiger partial charge in [0.1, 0.15) is 10.8 Å². The summed E-state index contributed by atoms with van der Waals surface area (Å²) in [7, 11) is 0. The third-order valence-corrected chi connectivity index (χ3v) is 2.58. The largest absolute Gasteiger partial charge is 0.389 e. The first kappa shape index (κ1) is 11.5. The minimum absolute atomic E-state index is 0.360. The van der Waals surface area contributed by atoms with Crippen LogP contribution < -0.4 is 11.1 Å². The molecule has 0 aliphatic rings. The molecule has 0 bridgehead atoms. The summed E-state index contributed by atoms with van der Waals surface area (Å²) >= 11 is 4.92. The van der Waals surface area contributed by atoms with Gasteiger partial charge in [-0.15, -0.1) is 0 Å². The highest BCUT2D eigenvalue weighted by atomic mass is 32.1. The highest BCUT2D eigenvalue weighted by Crippen LogP contribution is 2.17. The average Bonchev–Trinajstić information content (AvgIpc) is 2.32. The zero-order valence-electron chi connectivity index (χ0n) is 9.34. The number of nitrogens with two attached hydrogens (primary N) is 1. The fraction of sp³-hybridized carbons (Fsp3) is 0.0833. The van der Waals surface area contributed by atoms with E-state index in [1.165, 1.54) is 0 Å². The summed E-state index contributed by atoms with van der Waals surface area (Å²) in [6, 6.07) is 5.53. The molecule has 3 N–H and O–H groups in total. The Balaban J connectivity index is 2.28. The number of nitrogens with zero attached hydrogens (tertiary/aromatic N) is 2. The van der Waals surface area contributed by atoms with Crippen molar-refractivity contribution >= 4 is 28.7 Å². The smallest absolute Gasteiger partial charge is 0.131 e. The Bertz CT molecular complexity index is 554. The molecular formula is C12H12N4S. The summed E-state index contributed by atoms with van der Waals surface area (Å²) in [4.78, 5) is 8.62. The maximum Gasteiger partial charge on any atom is 0.131 e. The molecule has 2 aromatic rings. The molecule has 17 heavy (non-hydrogen) atoms. The molecule has 0 atom stereocenters. The fourth-order valence-electron chi connectivity index (χ4n) is 1.39. The van der Waals surface area contributed by atoms with E-state index in [1.807, 2.05) is 19.1 Å². The van der Waals surface area contributed by atoms with Crippen molar-refractivity contribution in [1.82, 2.24) is 9.97 Å². The summed E-state index contributed by atoms with van der Waals surface area (Å²) < 4.78 is 0. The molecule has 2 rings (SSSR count). The van der Waals surface area contributed by atoms with Crippen molar-refractivity contribution in [2.45, 2.75) is 6.92 Å². The van der Waals surface area contributed by atoms with Gasteiger partial charge in [0.15, 0.2) is 0 Å². The zero-order valence-corrected chi connectivity index (χ0v) is 10.2. The van der Waals surface area contributed by atoms with Gasteiger partial charge in [0.2, 0.25) is 0 Å². The van der Waals surface area contributed by atoms with Crippen LogP contribution in [-0.2, 0) is 0 Å². The molecule has 0 radical (unpaired) electrons. The lowest BCUT2D eigenvalue weighted by molar-refractivity contribution is 1.25. The predicted molar refractivity (Wildman–Crippen MR) is 72.4 cm³/mol. The number of nitrogens with one attached hydrogen (secondary N) is 1. The topological polar surface area (TPSA) is 63.8 Å². The maximum absolute atomic E-state index is 5.57. The molecule has 5 heteroatoms. The second kappa shape index (κ2) is 4.88. The van der Waals surface area contributed by atoms with Gasteiger partial charge in [0.25, 0.3) is 0 Å². The van der Waals surface area contributed by atoms with E-state index in [9.17, 15) is 0 Å². The van der Waals surface area contributed by atoms with Gasteiger partial charge in [-0.25, -0.2) is 4.98 Å². The second-order valence-corrected chi connectivity index (χ2v) is 4.05. The standard InChI is InChI=1S/C12H12N4S/c1-8-2-4-14-7-10(8)16-11-6-9(12(13)17)3-5-15-11/h2-7H,1H3,(H2,13,17)(H,15,16). The van der Waals surface area contributed by atoms with Crippen LogP contribution in [0.1, 0.15) is 11.1 Å². The number of rotatable bonds is 3. The van der Waals surface area contributed by atoms with Crippen molar-refractivity contribution in [2.75, 3.05) is 5.32 Å². The van der Waals surface area contributed by atoms with Crippen LogP contribution in [0.2, 0.25) is 0 Å². The Morgan fingerprint density at radius 2 is 2.18 bits per heavy atom. The summed E-state index contributed by atoms with van der Waals surface area (Å²) in [6.07, 6.45) is 5.17. The molecule has 0 spiro atoms. The van der Waals surface area contributed by atoms with Crippen molar-refractivity contribution in [1.29, 1.82) is 0 Å². The van der Waals surface area contributed by atoms with Crippen LogP contribution in [0, 0.1) is 6.92 Å². The van der Waals surface area contributed by atoms with Gasteiger partial charge in [0.05, 0.1) is 11.9 Å². The van der Waals surface area contributed by atoms with Crippen LogP contribution in [0.15, 0.2) is 36.8 Å². The summed E-state index contributed by atoms with van der Waals surface area (Å²) in [5.41, 5.74) is 8.38. The molecule has 0 aliphatic carbocycles. The van der Waals surface area contributed by atoms with E-state index in [-0.39, 0.29) is 0 Å². The average molecular weight is 244 g/mol. The first-order chi connectivity index (χ1) is 8.16. The van der Waals surface area contributed by atoms with Crippen LogP contribution in [-0.4, -0.2) is 15.0 Å². The lowest BCUT2D eigenvalue weighted by Crippen LogP contribution is -2.10. The molecule has 0 aliphatic heterocycles. The van der Waals surface area contributed by atoms with Crippen LogP contribution in [0.25, 0.3) is 0 Å². The highest BCUT2D eigenvalue weighted by Gasteiger charge is 2.02. The van der Waals surface area contributed by atoms with Gasteiger partial charge in [0, 0.05) is 18.0 Å². The van der Waals surface area contributed by atoms with Gasteiger partial charge in [-0.2, -0.15) is 0 Å². The Kier molecular flexibility index (Phi) is 3.30. The van der Waals surface area contributed by atoms with Crippen LogP contribution >= 0.6 is 12.2 Å². The van der Waals surface area contributed by atoms with E-state index in [4.69, 9.17) is 18.0 Å². The molecule has 4 nitrogen and oxygen atoms in total. The minimum Gasteiger partial charge on any atom is -0.389 e. The lowest BCUT2D eigenvalue weighted by Gasteiger charge is -2.08. The zero-order chi connectivity index (χ0) is 12.3. The number of aryl methyl sites for hydroxylation is 1. The van der Waals surface area contributed by atoms with Crippen LogP contribution in [0.3, 0.4) is 0 Å². The number of hydrogen-bond donors (Lipinski definition) is 2. The molecule has 0 fully saturated rings. The molecule has 0 saturated heterocycles. The van der Waals surface area contributed by atoms with Gasteiger partial charge in [-0.3, -0.25) is 4.98 Å². The van der Waals surface area contributed by atoms with Crippen molar-refractivity contribution in [3.63, 3.8) is 0 Å². The van der Waals surface area contributed by atoms with Crippen LogP contribution in [0.4, 0.5) is 11.5 Å². The van der Waals surface area contributed by atoms with Crippen molar-refractivity contribution in [3.05, 3.63) is 47.9 Å². The molecule has 2 aromatic heterocycles. The van der Waals surface area contributed by atoms with Crippen molar-refractivity contribution in [3.8, 4) is 0 Å². The van der Waals surface area contributed by atoms with E-state index in [1.54, 1.807) is 24.7 Å². The Morgan fingerprint density at radius 3 is 2.88 bits per heavy atom. The molecule has 0 amide bonds. The SMILES string of the molecule is Cc1ccncc1Nc1cc(C(N)=S)ccn1. The molecule has 86 valence electrons. The molecule has 0 aromatic carbocycles. The third-order valence-electron chi connectivity index (χ3n) is 2.35. The van der Waals surface area contributed by atoms with Gasteiger partial charge in [-0.05, 0) is 30.7 Å². The fourth-order valence-corrected chi connectivity index (χ4v) is 1.51. The lowest BCUT2D eigenvalue weighted by atomic mass is 10.2. The van der Waals surface area contributed by atoms with E-state index >= 15 is 0 Å². The third kappa shape index (κ3) is 2.76. The Labute approximate surface area is 105 Å². The van der Waals surface area contributed by atoms with E-state index in [0.717, 1.165) is 16.8 Å². The first-order valence-corrected chi connectivity index (χ1v) is 5.51. The Morgan fingerprint density at radius 1 is 1.35 bits per heavy atom. The molecule has 0 saturated carbocycles. The minimum atomic E-state index is 0.360. The number of thiocarbonyl (C=S) groups is 1. The highest BCUT2D eigenvalue weighted by molar-refractivity contribution is 7.80. The van der Waals surface area contributed by atoms with E-state index in [0.29, 0.717) is 10.8 Å². The van der Waals surface area contributed by atoms with Gasteiger partial charge >= 0.3 is 0 Å². The molecule has 0 unspecified atom stereocenters.